The van der Waals surface area contributed by atoms with E-state index in [4.69, 9.17) is 0 Å². The third-order valence-electron chi connectivity index (χ3n) is 3.21. The quantitative estimate of drug-likeness (QED) is 0.821. The molecular weight excluding hydrogens is 270 g/mol. The molecule has 20 heavy (non-hydrogen) atoms. The van der Waals surface area contributed by atoms with E-state index in [0.717, 1.165) is 4.90 Å². The summed E-state index contributed by atoms with van der Waals surface area (Å²) in [7, 11) is 1.62. The Labute approximate surface area is 126 Å². The first-order valence-corrected chi connectivity index (χ1v) is 7.74. The number of benzene rings is 1. The number of carbonyl (C=O) groups excluding carboxylic acids is 1. The van der Waals surface area contributed by atoms with Crippen molar-refractivity contribution in [2.45, 2.75) is 50.4 Å². The third-order valence-corrected chi connectivity index (χ3v) is 4.48. The van der Waals surface area contributed by atoms with E-state index >= 15 is 0 Å². The molecule has 0 fully saturated rings. The van der Waals surface area contributed by atoms with Gasteiger partial charge in [-0.1, -0.05) is 38.5 Å². The summed E-state index contributed by atoms with van der Waals surface area (Å²) < 4.78 is 0. The molecule has 0 heterocycles. The van der Waals surface area contributed by atoms with E-state index < -0.39 is 6.10 Å². The lowest BCUT2D eigenvalue weighted by atomic mass is 9.86. The summed E-state index contributed by atoms with van der Waals surface area (Å²) >= 11 is 1.57. The van der Waals surface area contributed by atoms with Gasteiger partial charge in [-0.2, -0.15) is 0 Å². The normalized spacial score (nSPS) is 14.7. The number of aliphatic hydroxyl groups excluding tert-OH is 1. The van der Waals surface area contributed by atoms with Crippen molar-refractivity contribution < 1.29 is 9.90 Å². The molecule has 0 aromatic heterocycles. The molecule has 0 unspecified atom stereocenters. The Morgan fingerprint density at radius 3 is 2.30 bits per heavy atom. The van der Waals surface area contributed by atoms with Crippen LogP contribution in [0.3, 0.4) is 0 Å². The van der Waals surface area contributed by atoms with Crippen molar-refractivity contribution in [1.29, 1.82) is 0 Å². The number of aryl methyl sites for hydroxylation is 1. The van der Waals surface area contributed by atoms with Gasteiger partial charge in [0.15, 0.2) is 0 Å². The van der Waals surface area contributed by atoms with Gasteiger partial charge >= 0.3 is 0 Å². The second-order valence-electron chi connectivity index (χ2n) is 6.16. The molecular formula is C16H25NO2S. The lowest BCUT2D eigenvalue weighted by Crippen LogP contribution is -2.38. The van der Waals surface area contributed by atoms with Gasteiger partial charge in [-0.05, 0) is 24.5 Å². The van der Waals surface area contributed by atoms with Gasteiger partial charge in [0.25, 0.3) is 0 Å². The standard InChI is InChI=1S/C16H25NO2S/c1-11-6-8-12(9-7-11)20-13(10-14(18)17-5)15(19)16(2,3)4/h6-9,13,15,19H,10H2,1-5H3,(H,17,18)/t13-,15+/m0/s1. The molecule has 3 nitrogen and oxygen atoms in total. The second kappa shape index (κ2) is 7.14. The zero-order chi connectivity index (χ0) is 15.3. The third kappa shape index (κ3) is 5.17. The molecule has 2 N–H and O–H groups in total. The van der Waals surface area contributed by atoms with E-state index in [2.05, 4.69) is 5.32 Å². The highest BCUT2D eigenvalue weighted by molar-refractivity contribution is 8.00. The first-order chi connectivity index (χ1) is 9.24. The highest BCUT2D eigenvalue weighted by Gasteiger charge is 2.32. The maximum absolute atomic E-state index is 11.7. The molecule has 112 valence electrons. The highest BCUT2D eigenvalue weighted by Crippen LogP contribution is 2.34. The van der Waals surface area contributed by atoms with E-state index in [1.54, 1.807) is 18.8 Å². The van der Waals surface area contributed by atoms with Crippen molar-refractivity contribution in [3.05, 3.63) is 29.8 Å². The van der Waals surface area contributed by atoms with Gasteiger partial charge in [0.05, 0.1) is 6.10 Å². The molecule has 0 aliphatic heterocycles. The van der Waals surface area contributed by atoms with Crippen molar-refractivity contribution in [2.75, 3.05) is 7.05 Å². The predicted molar refractivity (Wildman–Crippen MR) is 85.0 cm³/mol. The molecule has 1 amide bonds. The van der Waals surface area contributed by atoms with Crippen molar-refractivity contribution in [1.82, 2.24) is 5.32 Å². The van der Waals surface area contributed by atoms with Gasteiger partial charge in [-0.25, -0.2) is 0 Å². The molecule has 0 aliphatic rings. The fourth-order valence-electron chi connectivity index (χ4n) is 1.85. The van der Waals surface area contributed by atoms with Crippen LogP contribution >= 0.6 is 11.8 Å². The Kier molecular flexibility index (Phi) is 6.08. The largest absolute Gasteiger partial charge is 0.391 e. The van der Waals surface area contributed by atoms with Crippen LogP contribution in [0, 0.1) is 12.3 Å². The highest BCUT2D eigenvalue weighted by atomic mass is 32.2. The maximum Gasteiger partial charge on any atom is 0.220 e. The molecule has 1 aromatic rings. The van der Waals surface area contributed by atoms with Gasteiger partial charge in [0.2, 0.25) is 5.91 Å². The maximum atomic E-state index is 11.7. The van der Waals surface area contributed by atoms with Crippen molar-refractivity contribution in [2.24, 2.45) is 5.41 Å². The molecule has 2 atom stereocenters. The molecule has 0 bridgehead atoms. The lowest BCUT2D eigenvalue weighted by molar-refractivity contribution is -0.121. The summed E-state index contributed by atoms with van der Waals surface area (Å²) in [6.07, 6.45) is -0.237. The summed E-state index contributed by atoms with van der Waals surface area (Å²) in [5.74, 6) is -0.0436. The second-order valence-corrected chi connectivity index (χ2v) is 7.47. The van der Waals surface area contributed by atoms with Crippen molar-refractivity contribution >= 4 is 17.7 Å². The molecule has 0 spiro atoms. The van der Waals surface area contributed by atoms with Crippen LogP contribution in [0.4, 0.5) is 0 Å². The smallest absolute Gasteiger partial charge is 0.220 e. The number of thioether (sulfide) groups is 1. The monoisotopic (exact) mass is 295 g/mol. The van der Waals surface area contributed by atoms with Crippen LogP contribution in [0.25, 0.3) is 0 Å². The van der Waals surface area contributed by atoms with Crippen LogP contribution in [0.5, 0.6) is 0 Å². The minimum absolute atomic E-state index is 0.0436. The van der Waals surface area contributed by atoms with Gasteiger partial charge in [0, 0.05) is 23.6 Å². The molecule has 1 aromatic carbocycles. The Morgan fingerprint density at radius 1 is 1.30 bits per heavy atom. The fraction of sp³-hybridized carbons (Fsp3) is 0.562. The van der Waals surface area contributed by atoms with E-state index in [9.17, 15) is 9.90 Å². The zero-order valence-corrected chi connectivity index (χ0v) is 13.8. The SMILES string of the molecule is CNC(=O)C[C@H](Sc1ccc(C)cc1)[C@@H](O)C(C)(C)C. The van der Waals surface area contributed by atoms with E-state index in [-0.39, 0.29) is 16.6 Å². The first kappa shape index (κ1) is 17.1. The number of hydrogen-bond acceptors (Lipinski definition) is 3. The van der Waals surface area contributed by atoms with Crippen LogP contribution in [0.1, 0.15) is 32.8 Å². The van der Waals surface area contributed by atoms with Gasteiger partial charge < -0.3 is 10.4 Å². The molecule has 0 saturated heterocycles. The lowest BCUT2D eigenvalue weighted by Gasteiger charge is -2.32. The summed E-state index contributed by atoms with van der Waals surface area (Å²) in [6, 6.07) is 8.16. The van der Waals surface area contributed by atoms with Crippen molar-refractivity contribution in [3.8, 4) is 0 Å². The van der Waals surface area contributed by atoms with E-state index in [1.807, 2.05) is 52.0 Å². The summed E-state index contributed by atoms with van der Waals surface area (Å²) in [5, 5.41) is 13.0. The molecule has 0 aliphatic carbocycles. The number of amides is 1. The number of rotatable bonds is 5. The predicted octanol–water partition coefficient (Wildman–Crippen LogP) is 3.00. The molecule has 0 radical (unpaired) electrons. The van der Waals surface area contributed by atoms with Crippen LogP contribution < -0.4 is 5.32 Å². The number of carbonyl (C=O) groups is 1. The minimum Gasteiger partial charge on any atom is -0.391 e. The Hall–Kier alpha value is -1.00. The van der Waals surface area contributed by atoms with Gasteiger partial charge in [0.1, 0.15) is 0 Å². The number of nitrogens with one attached hydrogen (secondary N) is 1. The fourth-order valence-corrected chi connectivity index (χ4v) is 3.27. The van der Waals surface area contributed by atoms with Crippen molar-refractivity contribution in [3.63, 3.8) is 0 Å². The van der Waals surface area contributed by atoms with E-state index in [1.165, 1.54) is 5.56 Å². The number of aliphatic hydroxyl groups is 1. The summed E-state index contributed by atoms with van der Waals surface area (Å²) in [5.41, 5.74) is 0.949. The molecule has 4 heteroatoms. The van der Waals surface area contributed by atoms with Crippen LogP contribution in [0.15, 0.2) is 29.2 Å². The Bertz CT molecular complexity index is 437. The van der Waals surface area contributed by atoms with Crippen LogP contribution in [0.2, 0.25) is 0 Å². The Balaban J connectivity index is 2.87. The topological polar surface area (TPSA) is 49.3 Å². The zero-order valence-electron chi connectivity index (χ0n) is 12.9. The van der Waals surface area contributed by atoms with Gasteiger partial charge in [-0.3, -0.25) is 4.79 Å². The van der Waals surface area contributed by atoms with Crippen LogP contribution in [-0.2, 0) is 4.79 Å². The Morgan fingerprint density at radius 2 is 1.85 bits per heavy atom. The van der Waals surface area contributed by atoms with Gasteiger partial charge in [-0.15, -0.1) is 11.8 Å². The van der Waals surface area contributed by atoms with Crippen LogP contribution in [-0.4, -0.2) is 29.4 Å². The first-order valence-electron chi connectivity index (χ1n) is 6.86. The number of hydrogen-bond donors (Lipinski definition) is 2. The average Bonchev–Trinajstić information content (AvgIpc) is 2.38. The molecule has 0 saturated carbocycles. The van der Waals surface area contributed by atoms with E-state index in [0.29, 0.717) is 6.42 Å². The molecule has 1 rings (SSSR count). The minimum atomic E-state index is -0.550. The summed E-state index contributed by atoms with van der Waals surface area (Å²) in [4.78, 5) is 12.7. The summed E-state index contributed by atoms with van der Waals surface area (Å²) in [6.45, 7) is 8.01. The average molecular weight is 295 g/mol.